The van der Waals surface area contributed by atoms with Gasteiger partial charge in [0.15, 0.2) is 0 Å². The molecule has 1 aromatic carbocycles. The average Bonchev–Trinajstić information content (AvgIpc) is 2.35. The minimum absolute atomic E-state index is 0.192. The lowest BCUT2D eigenvalue weighted by Gasteiger charge is -2.08. The smallest absolute Gasteiger partial charge is 0.319 e. The monoisotopic (exact) mass is 237 g/mol. The second-order valence-corrected chi connectivity index (χ2v) is 3.54. The fraction of sp³-hybridized carbons (Fsp3) is 0.417. The molecule has 0 aliphatic carbocycles. The van der Waals surface area contributed by atoms with Gasteiger partial charge in [-0.05, 0) is 30.7 Å². The molecule has 4 N–H and O–H groups in total. The molecule has 0 spiro atoms. The van der Waals surface area contributed by atoms with Crippen molar-refractivity contribution in [3.05, 3.63) is 24.3 Å². The van der Waals surface area contributed by atoms with Gasteiger partial charge in [0.25, 0.3) is 0 Å². The Hall–Kier alpha value is -1.75. The van der Waals surface area contributed by atoms with E-state index >= 15 is 0 Å². The number of hydrogen-bond acceptors (Lipinski definition) is 3. The third-order valence-electron chi connectivity index (χ3n) is 2.03. The first-order chi connectivity index (χ1) is 8.26. The van der Waals surface area contributed by atoms with Gasteiger partial charge in [-0.25, -0.2) is 4.79 Å². The van der Waals surface area contributed by atoms with E-state index in [-0.39, 0.29) is 6.03 Å². The quantitative estimate of drug-likeness (QED) is 0.702. The van der Waals surface area contributed by atoms with Gasteiger partial charge in [0.1, 0.15) is 12.4 Å². The Morgan fingerprint density at radius 1 is 1.35 bits per heavy atom. The van der Waals surface area contributed by atoms with E-state index in [2.05, 4.69) is 10.6 Å². The van der Waals surface area contributed by atoms with E-state index in [1.807, 2.05) is 6.92 Å². The van der Waals surface area contributed by atoms with Gasteiger partial charge in [0.2, 0.25) is 0 Å². The standard InChI is InChI=1S/C12H19N3O2/c1-2-8-14-12(16)15-10-3-5-11(6-4-10)17-9-7-13/h3-6H,2,7-9,13H2,1H3,(H2,14,15,16). The molecule has 0 aromatic heterocycles. The SMILES string of the molecule is CCCNC(=O)Nc1ccc(OCCN)cc1. The van der Waals surface area contributed by atoms with Gasteiger partial charge in [-0.3, -0.25) is 0 Å². The second kappa shape index (κ2) is 7.51. The molecule has 0 bridgehead atoms. The molecule has 0 saturated heterocycles. The molecule has 5 heteroatoms. The number of urea groups is 1. The number of anilines is 1. The van der Waals surface area contributed by atoms with Gasteiger partial charge in [0, 0.05) is 18.8 Å². The molecular formula is C12H19N3O2. The predicted molar refractivity (Wildman–Crippen MR) is 68.3 cm³/mol. The highest BCUT2D eigenvalue weighted by molar-refractivity contribution is 5.89. The van der Waals surface area contributed by atoms with Gasteiger partial charge in [0.05, 0.1) is 0 Å². The molecule has 17 heavy (non-hydrogen) atoms. The summed E-state index contributed by atoms with van der Waals surface area (Å²) in [7, 11) is 0. The van der Waals surface area contributed by atoms with Crippen LogP contribution in [0.4, 0.5) is 10.5 Å². The van der Waals surface area contributed by atoms with E-state index in [0.29, 0.717) is 19.7 Å². The van der Waals surface area contributed by atoms with E-state index in [4.69, 9.17) is 10.5 Å². The Bertz CT molecular complexity index is 338. The van der Waals surface area contributed by atoms with Gasteiger partial charge >= 0.3 is 6.03 Å². The molecule has 1 rings (SSSR count). The summed E-state index contributed by atoms with van der Waals surface area (Å²) >= 11 is 0. The first-order valence-corrected chi connectivity index (χ1v) is 5.74. The number of ether oxygens (including phenoxy) is 1. The number of nitrogens with one attached hydrogen (secondary N) is 2. The molecule has 5 nitrogen and oxygen atoms in total. The summed E-state index contributed by atoms with van der Waals surface area (Å²) < 4.78 is 5.33. The summed E-state index contributed by atoms with van der Waals surface area (Å²) in [4.78, 5) is 11.4. The topological polar surface area (TPSA) is 76.4 Å². The Kier molecular flexibility index (Phi) is 5.88. The van der Waals surface area contributed by atoms with Crippen LogP contribution in [-0.4, -0.2) is 25.7 Å². The lowest BCUT2D eigenvalue weighted by molar-refractivity contribution is 0.252. The fourth-order valence-electron chi connectivity index (χ4n) is 1.23. The maximum absolute atomic E-state index is 11.4. The molecule has 0 saturated carbocycles. The summed E-state index contributed by atoms with van der Waals surface area (Å²) in [5.74, 6) is 0.745. The van der Waals surface area contributed by atoms with Crippen molar-refractivity contribution in [1.82, 2.24) is 5.32 Å². The first-order valence-electron chi connectivity index (χ1n) is 5.74. The van der Waals surface area contributed by atoms with Crippen molar-refractivity contribution >= 4 is 11.7 Å². The van der Waals surface area contributed by atoms with Crippen LogP contribution in [0.25, 0.3) is 0 Å². The molecule has 0 aliphatic rings. The van der Waals surface area contributed by atoms with E-state index in [1.54, 1.807) is 24.3 Å². The zero-order chi connectivity index (χ0) is 12.5. The minimum Gasteiger partial charge on any atom is -0.492 e. The third-order valence-corrected chi connectivity index (χ3v) is 2.03. The molecule has 0 heterocycles. The van der Waals surface area contributed by atoms with Crippen LogP contribution in [0.1, 0.15) is 13.3 Å². The Morgan fingerprint density at radius 2 is 2.06 bits per heavy atom. The van der Waals surface area contributed by atoms with Crippen molar-refractivity contribution in [2.75, 3.05) is 25.0 Å². The van der Waals surface area contributed by atoms with Crippen LogP contribution >= 0.6 is 0 Å². The van der Waals surface area contributed by atoms with Crippen molar-refractivity contribution in [3.63, 3.8) is 0 Å². The molecule has 94 valence electrons. The van der Waals surface area contributed by atoms with E-state index in [9.17, 15) is 4.79 Å². The number of rotatable bonds is 6. The van der Waals surface area contributed by atoms with Crippen molar-refractivity contribution in [3.8, 4) is 5.75 Å². The molecule has 0 atom stereocenters. The maximum Gasteiger partial charge on any atom is 0.319 e. The number of carbonyl (C=O) groups excluding carboxylic acids is 1. The van der Waals surface area contributed by atoms with Gasteiger partial charge < -0.3 is 21.1 Å². The number of carbonyl (C=O) groups is 1. The molecule has 2 amide bonds. The molecular weight excluding hydrogens is 218 g/mol. The van der Waals surface area contributed by atoms with Crippen LogP contribution in [-0.2, 0) is 0 Å². The zero-order valence-corrected chi connectivity index (χ0v) is 10.0. The van der Waals surface area contributed by atoms with Gasteiger partial charge in [-0.1, -0.05) is 6.92 Å². The largest absolute Gasteiger partial charge is 0.492 e. The number of benzene rings is 1. The summed E-state index contributed by atoms with van der Waals surface area (Å²) in [6, 6.07) is 6.98. The maximum atomic E-state index is 11.4. The van der Waals surface area contributed by atoms with Crippen molar-refractivity contribution in [1.29, 1.82) is 0 Å². The van der Waals surface area contributed by atoms with Crippen LogP contribution in [0.2, 0.25) is 0 Å². The predicted octanol–water partition coefficient (Wildman–Crippen LogP) is 1.56. The number of nitrogens with two attached hydrogens (primary N) is 1. The molecule has 1 aromatic rings. The second-order valence-electron chi connectivity index (χ2n) is 3.54. The third kappa shape index (κ3) is 5.21. The molecule has 0 fully saturated rings. The highest BCUT2D eigenvalue weighted by Crippen LogP contribution is 2.15. The van der Waals surface area contributed by atoms with Crippen molar-refractivity contribution in [2.24, 2.45) is 5.73 Å². The minimum atomic E-state index is -0.192. The highest BCUT2D eigenvalue weighted by atomic mass is 16.5. The van der Waals surface area contributed by atoms with Crippen molar-refractivity contribution < 1.29 is 9.53 Å². The average molecular weight is 237 g/mol. The van der Waals surface area contributed by atoms with Crippen LogP contribution in [0.3, 0.4) is 0 Å². The Morgan fingerprint density at radius 3 is 2.65 bits per heavy atom. The van der Waals surface area contributed by atoms with Crippen LogP contribution in [0.5, 0.6) is 5.75 Å². The molecule has 0 radical (unpaired) electrons. The van der Waals surface area contributed by atoms with E-state index in [0.717, 1.165) is 17.9 Å². The lowest BCUT2D eigenvalue weighted by Crippen LogP contribution is -2.29. The van der Waals surface area contributed by atoms with E-state index in [1.165, 1.54) is 0 Å². The van der Waals surface area contributed by atoms with Gasteiger partial charge in [-0.15, -0.1) is 0 Å². The lowest BCUT2D eigenvalue weighted by atomic mass is 10.3. The van der Waals surface area contributed by atoms with E-state index < -0.39 is 0 Å². The van der Waals surface area contributed by atoms with Crippen LogP contribution in [0, 0.1) is 0 Å². The normalized spacial score (nSPS) is 9.76. The zero-order valence-electron chi connectivity index (χ0n) is 10.0. The number of hydrogen-bond donors (Lipinski definition) is 3. The summed E-state index contributed by atoms with van der Waals surface area (Å²) in [6.07, 6.45) is 0.916. The first kappa shape index (κ1) is 13.3. The number of amides is 2. The summed E-state index contributed by atoms with van der Waals surface area (Å²) in [5, 5.41) is 5.46. The van der Waals surface area contributed by atoms with Gasteiger partial charge in [-0.2, -0.15) is 0 Å². The Labute approximate surface area is 101 Å². The molecule has 0 unspecified atom stereocenters. The fourth-order valence-corrected chi connectivity index (χ4v) is 1.23. The summed E-state index contributed by atoms with van der Waals surface area (Å²) in [5.41, 5.74) is 6.06. The molecule has 0 aliphatic heterocycles. The summed E-state index contributed by atoms with van der Waals surface area (Å²) in [6.45, 7) is 3.65. The highest BCUT2D eigenvalue weighted by Gasteiger charge is 2.00. The Balaban J connectivity index is 2.42. The van der Waals surface area contributed by atoms with Crippen LogP contribution in [0.15, 0.2) is 24.3 Å². The van der Waals surface area contributed by atoms with Crippen molar-refractivity contribution in [2.45, 2.75) is 13.3 Å². The van der Waals surface area contributed by atoms with Crippen LogP contribution < -0.4 is 21.1 Å².